The van der Waals surface area contributed by atoms with E-state index in [4.69, 9.17) is 13.3 Å². The minimum atomic E-state index is -1.61. The molecule has 0 aliphatic carbocycles. The second-order valence-electron chi connectivity index (χ2n) is 4.06. The summed E-state index contributed by atoms with van der Waals surface area (Å²) in [5.41, 5.74) is 0. The molecule has 0 amide bonds. The molecule has 78 valence electrons. The quantitative estimate of drug-likeness (QED) is 0.765. The molecule has 0 spiro atoms. The van der Waals surface area contributed by atoms with E-state index in [1.165, 1.54) is 0 Å². The maximum Gasteiger partial charge on any atom is 0.341 e. The van der Waals surface area contributed by atoms with E-state index in [1.807, 2.05) is 0 Å². The molecule has 6 heteroatoms. The van der Waals surface area contributed by atoms with Gasteiger partial charge in [-0.1, -0.05) is 0 Å². The van der Waals surface area contributed by atoms with Crippen LogP contribution in [0, 0.1) is 0 Å². The molecular weight excluding hydrogens is 240 g/mol. The molecule has 0 aliphatic rings. The largest absolute Gasteiger partial charge is 0.544 e. The zero-order valence-corrected chi connectivity index (χ0v) is 12.0. The van der Waals surface area contributed by atoms with Crippen LogP contribution in [-0.2, 0) is 0 Å². The van der Waals surface area contributed by atoms with Crippen LogP contribution in [-0.4, -0.2) is 29.3 Å². The maximum atomic E-state index is 5.82. The van der Waals surface area contributed by atoms with Gasteiger partial charge in [0.15, 0.2) is 0 Å². The monoisotopic (exact) mass is 252 g/mol. The van der Waals surface area contributed by atoms with Gasteiger partial charge in [-0.05, 0) is 19.6 Å². The third-order valence-corrected chi connectivity index (χ3v) is 2.83. The minimum Gasteiger partial charge on any atom is -0.544 e. The van der Waals surface area contributed by atoms with Crippen LogP contribution in [0.5, 0.6) is 17.2 Å². The molecule has 0 fully saturated rings. The van der Waals surface area contributed by atoms with Gasteiger partial charge in [-0.25, -0.2) is 0 Å². The fourth-order valence-electron chi connectivity index (χ4n) is 1.08. The summed E-state index contributed by atoms with van der Waals surface area (Å²) in [6, 6.07) is 5.34. The van der Waals surface area contributed by atoms with Gasteiger partial charge in [-0.3, -0.25) is 0 Å². The molecule has 0 aromatic heterocycles. The third kappa shape index (κ3) is 4.10. The Hall–Kier alpha value is -0.729. The Labute approximate surface area is 98.0 Å². The molecule has 0 unspecified atom stereocenters. The van der Waals surface area contributed by atoms with Gasteiger partial charge in [0.1, 0.15) is 17.2 Å². The van der Waals surface area contributed by atoms with E-state index in [0.29, 0.717) is 11.5 Å². The van der Waals surface area contributed by atoms with Crippen LogP contribution in [0.3, 0.4) is 0 Å². The smallest absolute Gasteiger partial charge is 0.341 e. The lowest BCUT2D eigenvalue weighted by atomic mass is 10.3. The summed E-state index contributed by atoms with van der Waals surface area (Å²) < 4.78 is 15.7. The first-order valence-corrected chi connectivity index (χ1v) is 8.68. The Kier molecular flexibility index (Phi) is 4.00. The van der Waals surface area contributed by atoms with Crippen LogP contribution >= 0.6 is 0 Å². The predicted molar refractivity (Wildman–Crippen MR) is 63.2 cm³/mol. The van der Waals surface area contributed by atoms with Crippen LogP contribution in [0.2, 0.25) is 19.6 Å². The normalized spacial score (nSPS) is 11.0. The Morgan fingerprint density at radius 3 is 1.60 bits per heavy atom. The van der Waals surface area contributed by atoms with Gasteiger partial charge in [-0.15, -0.1) is 0 Å². The zero-order chi connectivity index (χ0) is 11.5. The molecule has 0 aliphatic heterocycles. The Balaban J connectivity index is 2.97. The highest BCUT2D eigenvalue weighted by molar-refractivity contribution is 6.70. The molecule has 0 saturated carbocycles. The average Bonchev–Trinajstić information content (AvgIpc) is 2.14. The van der Waals surface area contributed by atoms with Crippen LogP contribution in [0.1, 0.15) is 0 Å². The van der Waals surface area contributed by atoms with Gasteiger partial charge < -0.3 is 13.3 Å². The zero-order valence-electron chi connectivity index (χ0n) is 8.96. The number of hydrogen-bond acceptors (Lipinski definition) is 3. The molecule has 1 aromatic carbocycles. The second-order valence-corrected chi connectivity index (χ2v) is 8.90. The van der Waals surface area contributed by atoms with Crippen molar-refractivity contribution in [3.05, 3.63) is 18.2 Å². The lowest BCUT2D eigenvalue weighted by Gasteiger charge is -2.20. The van der Waals surface area contributed by atoms with Gasteiger partial charge in [0, 0.05) is 18.2 Å². The van der Waals surface area contributed by atoms with Gasteiger partial charge in [0.05, 0.1) is 0 Å². The highest BCUT2D eigenvalue weighted by atomic mass is 28.4. The lowest BCUT2D eigenvalue weighted by molar-refractivity contribution is 0.535. The van der Waals surface area contributed by atoms with Crippen molar-refractivity contribution in [3.8, 4) is 17.2 Å². The lowest BCUT2D eigenvalue weighted by Crippen LogP contribution is -2.29. The van der Waals surface area contributed by atoms with Gasteiger partial charge >= 0.3 is 21.0 Å². The van der Waals surface area contributed by atoms with Crippen molar-refractivity contribution in [2.75, 3.05) is 0 Å². The van der Waals surface area contributed by atoms with Gasteiger partial charge in [0.2, 0.25) is 8.32 Å². The van der Waals surface area contributed by atoms with E-state index in [2.05, 4.69) is 40.6 Å². The fourth-order valence-corrected chi connectivity index (χ4v) is 2.14. The summed E-state index contributed by atoms with van der Waals surface area (Å²) in [6.07, 6.45) is 0. The highest BCUT2D eigenvalue weighted by Gasteiger charge is 2.17. The van der Waals surface area contributed by atoms with Crippen molar-refractivity contribution < 1.29 is 13.3 Å². The number of rotatable bonds is 4. The predicted octanol–water partition coefficient (Wildman–Crippen LogP) is 1.82. The number of benzene rings is 1. The van der Waals surface area contributed by atoms with Crippen molar-refractivity contribution in [2.45, 2.75) is 19.6 Å². The summed E-state index contributed by atoms with van der Waals surface area (Å²) in [5, 5.41) is 0. The molecule has 6 radical (unpaired) electrons. The fraction of sp³-hybridized carbons (Fsp3) is 0.333. The van der Waals surface area contributed by atoms with E-state index >= 15 is 0 Å². The van der Waals surface area contributed by atoms with E-state index in [9.17, 15) is 0 Å². The summed E-state index contributed by atoms with van der Waals surface area (Å²) in [7, 11) is 4.32. The highest BCUT2D eigenvalue weighted by Crippen LogP contribution is 2.28. The van der Waals surface area contributed by atoms with Crippen molar-refractivity contribution in [3.63, 3.8) is 0 Å². The van der Waals surface area contributed by atoms with E-state index in [0.717, 1.165) is 5.75 Å². The van der Waals surface area contributed by atoms with Crippen LogP contribution in [0.15, 0.2) is 18.2 Å². The molecule has 0 heterocycles. The Morgan fingerprint density at radius 1 is 0.867 bits per heavy atom. The molecule has 0 atom stereocenters. The molecule has 0 N–H and O–H groups in total. The topological polar surface area (TPSA) is 27.7 Å². The first-order valence-electron chi connectivity index (χ1n) is 4.46. The molecular formula is C9H12O3Si3. The van der Waals surface area contributed by atoms with Crippen LogP contribution in [0.25, 0.3) is 0 Å². The van der Waals surface area contributed by atoms with Crippen LogP contribution < -0.4 is 13.3 Å². The van der Waals surface area contributed by atoms with Crippen LogP contribution in [0.4, 0.5) is 0 Å². The molecule has 0 saturated heterocycles. The van der Waals surface area contributed by atoms with E-state index < -0.39 is 8.32 Å². The molecule has 15 heavy (non-hydrogen) atoms. The molecule has 0 bridgehead atoms. The number of hydrogen-bond donors (Lipinski definition) is 0. The molecule has 3 nitrogen and oxygen atoms in total. The van der Waals surface area contributed by atoms with Crippen molar-refractivity contribution in [1.29, 1.82) is 0 Å². The van der Waals surface area contributed by atoms with E-state index in [-0.39, 0.29) is 0 Å². The van der Waals surface area contributed by atoms with Crippen molar-refractivity contribution in [2.24, 2.45) is 0 Å². The third-order valence-electron chi connectivity index (χ3n) is 1.51. The summed E-state index contributed by atoms with van der Waals surface area (Å²) in [5.74, 6) is 2.02. The molecule has 1 rings (SSSR count). The average molecular weight is 252 g/mol. The first-order chi connectivity index (χ1) is 6.94. The summed E-state index contributed by atoms with van der Waals surface area (Å²) >= 11 is 0. The SMILES string of the molecule is C[Si](C)(C)Oc1cc(O[Si])cc(O[Si])c1. The van der Waals surface area contributed by atoms with Crippen molar-refractivity contribution in [1.82, 2.24) is 0 Å². The van der Waals surface area contributed by atoms with Crippen molar-refractivity contribution >= 4 is 29.3 Å². The maximum absolute atomic E-state index is 5.82. The standard InChI is InChI=1S/C9H12O3Si3/c1-15(2,3)12-9-5-7(10-13)4-8(6-9)11-14/h4-6H,1-3H3. The Morgan fingerprint density at radius 2 is 1.27 bits per heavy atom. The van der Waals surface area contributed by atoms with E-state index in [1.54, 1.807) is 18.2 Å². The molecule has 1 aromatic rings. The first kappa shape index (κ1) is 12.3. The van der Waals surface area contributed by atoms with Gasteiger partial charge in [-0.2, -0.15) is 0 Å². The summed E-state index contributed by atoms with van der Waals surface area (Å²) in [4.78, 5) is 0. The summed E-state index contributed by atoms with van der Waals surface area (Å²) in [6.45, 7) is 6.34. The Bertz CT molecular complexity index is 314. The minimum absolute atomic E-state index is 0.635. The second kappa shape index (κ2) is 4.86. The van der Waals surface area contributed by atoms with Gasteiger partial charge in [0.25, 0.3) is 0 Å².